The number of fused-ring (bicyclic) bond motifs is 2. The van der Waals surface area contributed by atoms with Crippen molar-refractivity contribution in [2.24, 2.45) is 11.8 Å². The number of nitrogens with one attached hydrogen (secondary N) is 1. The summed E-state index contributed by atoms with van der Waals surface area (Å²) in [4.78, 5) is 33.5. The van der Waals surface area contributed by atoms with Gasteiger partial charge in [-0.3, -0.25) is 4.79 Å². The number of amides is 1. The van der Waals surface area contributed by atoms with E-state index in [0.29, 0.717) is 42.6 Å². The Balaban J connectivity index is 1.33. The Kier molecular flexibility index (Phi) is 4.94. The van der Waals surface area contributed by atoms with E-state index in [9.17, 15) is 19.1 Å². The van der Waals surface area contributed by atoms with Gasteiger partial charge in [-0.1, -0.05) is 18.2 Å². The molecule has 0 unspecified atom stereocenters. The molecule has 1 saturated heterocycles. The van der Waals surface area contributed by atoms with E-state index in [4.69, 9.17) is 4.74 Å². The highest BCUT2D eigenvalue weighted by molar-refractivity contribution is 6.04. The molecule has 1 saturated carbocycles. The van der Waals surface area contributed by atoms with Gasteiger partial charge in [-0.05, 0) is 55.0 Å². The third kappa shape index (κ3) is 3.79. The monoisotopic (exact) mass is 423 g/mol. The van der Waals surface area contributed by atoms with E-state index in [2.05, 4.69) is 9.97 Å². The molecule has 4 atom stereocenters. The van der Waals surface area contributed by atoms with Crippen molar-refractivity contribution in [3.05, 3.63) is 70.5 Å². The van der Waals surface area contributed by atoms with Crippen molar-refractivity contribution in [1.29, 1.82) is 0 Å². The van der Waals surface area contributed by atoms with Crippen LogP contribution in [0.25, 0.3) is 10.9 Å². The summed E-state index contributed by atoms with van der Waals surface area (Å²) in [5.74, 6) is 0.213. The second-order valence-corrected chi connectivity index (χ2v) is 8.32. The first-order chi connectivity index (χ1) is 15.0. The van der Waals surface area contributed by atoms with Crippen LogP contribution in [-0.2, 0) is 0 Å². The zero-order valence-corrected chi connectivity index (χ0v) is 16.7. The molecule has 2 N–H and O–H groups in total. The Morgan fingerprint density at radius 3 is 2.58 bits per heavy atom. The second kappa shape index (κ2) is 7.77. The minimum atomic E-state index is -0.667. The van der Waals surface area contributed by atoms with Gasteiger partial charge in [0.15, 0.2) is 0 Å². The second-order valence-electron chi connectivity index (χ2n) is 8.32. The highest BCUT2D eigenvalue weighted by atomic mass is 19.1. The van der Waals surface area contributed by atoms with Crippen LogP contribution in [-0.4, -0.2) is 51.2 Å². The van der Waals surface area contributed by atoms with E-state index >= 15 is 0 Å². The van der Waals surface area contributed by atoms with Crippen LogP contribution >= 0.6 is 0 Å². The van der Waals surface area contributed by atoms with Crippen molar-refractivity contribution in [2.45, 2.75) is 25.0 Å². The van der Waals surface area contributed by atoms with Crippen LogP contribution in [0.5, 0.6) is 5.75 Å². The molecule has 160 valence electrons. The van der Waals surface area contributed by atoms with Crippen LogP contribution < -0.4 is 10.4 Å². The number of hydrogen-bond acceptors (Lipinski definition) is 5. The number of aromatic nitrogens is 2. The van der Waals surface area contributed by atoms with E-state index in [-0.39, 0.29) is 29.3 Å². The lowest BCUT2D eigenvalue weighted by molar-refractivity contribution is -0.0231. The maximum Gasteiger partial charge on any atom is 0.346 e. The van der Waals surface area contributed by atoms with Gasteiger partial charge in [0.2, 0.25) is 0 Å². The number of hydrogen-bond donors (Lipinski definition) is 2. The summed E-state index contributed by atoms with van der Waals surface area (Å²) in [6.45, 7) is 1.02. The predicted molar refractivity (Wildman–Crippen MR) is 111 cm³/mol. The van der Waals surface area contributed by atoms with Crippen molar-refractivity contribution < 1.29 is 19.0 Å². The summed E-state index contributed by atoms with van der Waals surface area (Å²) in [6, 6.07) is 12.8. The molecule has 3 aromatic rings. The summed E-state index contributed by atoms with van der Waals surface area (Å²) >= 11 is 0. The zero-order chi connectivity index (χ0) is 21.5. The minimum Gasteiger partial charge on any atom is -0.488 e. The molecule has 31 heavy (non-hydrogen) atoms. The molecule has 2 aromatic carbocycles. The predicted octanol–water partition coefficient (Wildman–Crippen LogP) is 2.35. The highest BCUT2D eigenvalue weighted by Crippen LogP contribution is 2.38. The normalized spacial score (nSPS) is 25.4. The number of carbonyl (C=O) groups is 1. The van der Waals surface area contributed by atoms with Crippen LogP contribution in [0.2, 0.25) is 0 Å². The van der Waals surface area contributed by atoms with Crippen molar-refractivity contribution in [3.63, 3.8) is 0 Å². The Morgan fingerprint density at radius 2 is 1.81 bits per heavy atom. The van der Waals surface area contributed by atoms with Gasteiger partial charge in [0, 0.05) is 18.5 Å². The number of nitrogens with zero attached hydrogens (tertiary/aromatic N) is 2. The maximum atomic E-state index is 13.2. The number of likely N-dealkylation sites (tertiary alicyclic amines) is 1. The number of ether oxygens (including phenoxy) is 1. The first-order valence-electron chi connectivity index (χ1n) is 10.4. The molecule has 1 aliphatic carbocycles. The largest absolute Gasteiger partial charge is 0.488 e. The van der Waals surface area contributed by atoms with Gasteiger partial charge in [-0.25, -0.2) is 9.18 Å². The number of H-pyrrole nitrogens is 1. The topological polar surface area (TPSA) is 95.5 Å². The Labute approximate surface area is 177 Å². The molecule has 2 heterocycles. The molecule has 1 aliphatic heterocycles. The minimum absolute atomic E-state index is 0.151. The number of para-hydroxylation sites is 1. The van der Waals surface area contributed by atoms with Crippen LogP contribution in [0.4, 0.5) is 4.39 Å². The van der Waals surface area contributed by atoms with E-state index in [0.717, 1.165) is 0 Å². The molecule has 5 rings (SSSR count). The van der Waals surface area contributed by atoms with E-state index in [1.54, 1.807) is 41.3 Å². The average molecular weight is 423 g/mol. The molecule has 7 nitrogen and oxygen atoms in total. The lowest BCUT2D eigenvalue weighted by Crippen LogP contribution is -2.42. The molecule has 1 amide bonds. The first-order valence-corrected chi connectivity index (χ1v) is 10.4. The van der Waals surface area contributed by atoms with Crippen molar-refractivity contribution >= 4 is 16.8 Å². The van der Waals surface area contributed by atoms with Gasteiger partial charge >= 0.3 is 5.69 Å². The fourth-order valence-corrected chi connectivity index (χ4v) is 4.79. The molecule has 2 fully saturated rings. The summed E-state index contributed by atoms with van der Waals surface area (Å²) in [7, 11) is 0. The van der Waals surface area contributed by atoms with Gasteiger partial charge in [0.1, 0.15) is 23.4 Å². The highest BCUT2D eigenvalue weighted by Gasteiger charge is 2.44. The fourth-order valence-electron chi connectivity index (χ4n) is 4.79. The SMILES string of the molecule is O=C(c1nc(=O)[nH]c2ccccc12)N1C[C@H]2C[C@@H](Oc3ccc(F)cc3)[C@H](O)C[C@H]2C1. The number of halogens is 1. The third-order valence-corrected chi connectivity index (χ3v) is 6.31. The molecular weight excluding hydrogens is 401 g/mol. The average Bonchev–Trinajstić information content (AvgIpc) is 3.17. The molecule has 0 spiro atoms. The quantitative estimate of drug-likeness (QED) is 0.674. The fraction of sp³-hybridized carbons (Fsp3) is 0.348. The number of aromatic amines is 1. The van der Waals surface area contributed by atoms with Crippen LogP contribution in [0.3, 0.4) is 0 Å². The summed E-state index contributed by atoms with van der Waals surface area (Å²) < 4.78 is 19.0. The van der Waals surface area contributed by atoms with Crippen molar-refractivity contribution in [3.8, 4) is 5.75 Å². The summed E-state index contributed by atoms with van der Waals surface area (Å²) in [6.07, 6.45) is 0.0283. The Hall–Kier alpha value is -3.26. The molecule has 0 bridgehead atoms. The van der Waals surface area contributed by atoms with Gasteiger partial charge in [0.05, 0.1) is 11.6 Å². The third-order valence-electron chi connectivity index (χ3n) is 6.31. The van der Waals surface area contributed by atoms with E-state index in [1.165, 1.54) is 12.1 Å². The van der Waals surface area contributed by atoms with Crippen molar-refractivity contribution in [1.82, 2.24) is 14.9 Å². The van der Waals surface area contributed by atoms with Crippen LogP contribution in [0.15, 0.2) is 53.3 Å². The zero-order valence-electron chi connectivity index (χ0n) is 16.7. The lowest BCUT2D eigenvalue weighted by atomic mass is 9.78. The van der Waals surface area contributed by atoms with Gasteiger partial charge < -0.3 is 19.7 Å². The molecule has 1 aromatic heterocycles. The van der Waals surface area contributed by atoms with Crippen molar-refractivity contribution in [2.75, 3.05) is 13.1 Å². The van der Waals surface area contributed by atoms with Crippen LogP contribution in [0.1, 0.15) is 23.3 Å². The Morgan fingerprint density at radius 1 is 1.10 bits per heavy atom. The van der Waals surface area contributed by atoms with Gasteiger partial charge in [-0.15, -0.1) is 0 Å². The maximum absolute atomic E-state index is 13.2. The molecule has 2 aliphatic rings. The molecule has 0 radical (unpaired) electrons. The molecule has 8 heteroatoms. The Bertz CT molecular complexity index is 1180. The number of carbonyl (C=O) groups excluding carboxylic acids is 1. The van der Waals surface area contributed by atoms with Gasteiger partial charge in [-0.2, -0.15) is 4.98 Å². The summed E-state index contributed by atoms with van der Waals surface area (Å²) in [5.41, 5.74) is 0.171. The van der Waals surface area contributed by atoms with Gasteiger partial charge in [0.25, 0.3) is 5.91 Å². The van der Waals surface area contributed by atoms with E-state index < -0.39 is 17.9 Å². The smallest absolute Gasteiger partial charge is 0.346 e. The number of rotatable bonds is 3. The summed E-state index contributed by atoms with van der Waals surface area (Å²) in [5, 5.41) is 11.2. The lowest BCUT2D eigenvalue weighted by Gasteiger charge is -2.35. The number of benzene rings is 2. The van der Waals surface area contributed by atoms with Crippen LogP contribution in [0, 0.1) is 17.7 Å². The molecular formula is C23H22FN3O4. The van der Waals surface area contributed by atoms with E-state index in [1.807, 2.05) is 0 Å². The standard InChI is InChI=1S/C23H22FN3O4/c24-15-5-7-16(8-6-15)31-20-10-14-12-27(11-13(14)9-19(20)28)22(29)21-17-3-1-2-4-18(17)25-23(30)26-21/h1-8,13-14,19-20,28H,9-12H2,(H,25,26,30)/t13-,14+,19+,20+/m0/s1. The number of aliphatic hydroxyl groups is 1. The first kappa shape index (κ1) is 19.7. The number of aliphatic hydroxyl groups excluding tert-OH is 1.